The van der Waals surface area contributed by atoms with Crippen LogP contribution in [-0.2, 0) is 0 Å². The third-order valence-corrected chi connectivity index (χ3v) is 11.2. The van der Waals surface area contributed by atoms with Crippen LogP contribution in [0.15, 0.2) is 22.8 Å². The van der Waals surface area contributed by atoms with E-state index in [1.165, 1.54) is 76.2 Å². The van der Waals surface area contributed by atoms with Gasteiger partial charge in [0.1, 0.15) is 0 Å². The molecule has 0 aromatic carbocycles. The van der Waals surface area contributed by atoms with Crippen LogP contribution in [0.2, 0.25) is 0 Å². The molecule has 0 aromatic rings. The molecule has 0 heteroatoms. The SMILES string of the molecule is CC(C)=C(C)CC[C@@H](C)[C@H]1CCC2C3CCC=C4C[C@@H](C)CCC4(C)C3CCC21C. The minimum atomic E-state index is 0.527. The Bertz CT molecular complexity index is 691. The molecule has 0 amide bonds. The molecular formula is C30H50. The van der Waals surface area contributed by atoms with Crippen molar-refractivity contribution >= 4 is 0 Å². The lowest BCUT2D eigenvalue weighted by Gasteiger charge is -2.56. The third kappa shape index (κ3) is 3.77. The van der Waals surface area contributed by atoms with Crippen LogP contribution in [0.5, 0.6) is 0 Å². The summed E-state index contributed by atoms with van der Waals surface area (Å²) in [5.41, 5.74) is 6.18. The van der Waals surface area contributed by atoms with Crippen molar-refractivity contribution in [1.29, 1.82) is 0 Å². The second-order valence-corrected chi connectivity index (χ2v) is 13.0. The fourth-order valence-electron chi connectivity index (χ4n) is 8.96. The van der Waals surface area contributed by atoms with Crippen LogP contribution in [0.3, 0.4) is 0 Å². The number of hydrogen-bond acceptors (Lipinski definition) is 0. The Labute approximate surface area is 188 Å². The number of hydrogen-bond donors (Lipinski definition) is 0. The summed E-state index contributed by atoms with van der Waals surface area (Å²) in [4.78, 5) is 0. The second kappa shape index (κ2) is 8.44. The summed E-state index contributed by atoms with van der Waals surface area (Å²) in [6.45, 7) is 17.4. The molecule has 0 spiro atoms. The first-order chi connectivity index (χ1) is 14.2. The van der Waals surface area contributed by atoms with E-state index in [0.29, 0.717) is 10.8 Å². The Morgan fingerprint density at radius 2 is 1.77 bits per heavy atom. The van der Waals surface area contributed by atoms with Crippen LogP contribution in [-0.4, -0.2) is 0 Å². The summed E-state index contributed by atoms with van der Waals surface area (Å²) in [5, 5.41) is 0. The normalized spacial score (nSPS) is 44.2. The molecule has 0 nitrogen and oxygen atoms in total. The van der Waals surface area contributed by atoms with E-state index in [1.807, 2.05) is 5.57 Å². The van der Waals surface area contributed by atoms with Crippen molar-refractivity contribution in [2.24, 2.45) is 46.3 Å². The summed E-state index contributed by atoms with van der Waals surface area (Å²) in [5.74, 6) is 5.72. The van der Waals surface area contributed by atoms with Crippen LogP contribution >= 0.6 is 0 Å². The second-order valence-electron chi connectivity index (χ2n) is 13.0. The Kier molecular flexibility index (Phi) is 6.38. The van der Waals surface area contributed by atoms with E-state index >= 15 is 0 Å². The summed E-state index contributed by atoms with van der Waals surface area (Å²) < 4.78 is 0. The Balaban J connectivity index is 1.51. The van der Waals surface area contributed by atoms with Crippen molar-refractivity contribution in [2.45, 2.75) is 119 Å². The lowest BCUT2D eigenvalue weighted by Crippen LogP contribution is -2.48. The average Bonchev–Trinajstić information content (AvgIpc) is 2.98. The van der Waals surface area contributed by atoms with Crippen molar-refractivity contribution < 1.29 is 0 Å². The molecule has 4 aliphatic rings. The first-order valence-corrected chi connectivity index (χ1v) is 13.5. The zero-order valence-electron chi connectivity index (χ0n) is 21.3. The highest BCUT2D eigenvalue weighted by Crippen LogP contribution is 2.67. The van der Waals surface area contributed by atoms with Gasteiger partial charge in [0.2, 0.25) is 0 Å². The Morgan fingerprint density at radius 1 is 1.00 bits per heavy atom. The molecule has 0 heterocycles. The largest absolute Gasteiger partial charge is 0.0847 e. The summed E-state index contributed by atoms with van der Waals surface area (Å²) in [6.07, 6.45) is 18.7. The predicted octanol–water partition coefficient (Wildman–Crippen LogP) is 9.36. The van der Waals surface area contributed by atoms with Crippen molar-refractivity contribution in [3.05, 3.63) is 22.8 Å². The molecule has 8 atom stereocenters. The monoisotopic (exact) mass is 410 g/mol. The number of allylic oxidation sites excluding steroid dienone is 4. The van der Waals surface area contributed by atoms with Gasteiger partial charge in [0.15, 0.2) is 0 Å². The van der Waals surface area contributed by atoms with Gasteiger partial charge in [-0.1, -0.05) is 50.5 Å². The van der Waals surface area contributed by atoms with Crippen molar-refractivity contribution in [1.82, 2.24) is 0 Å². The molecule has 0 bridgehead atoms. The molecule has 3 fully saturated rings. The van der Waals surface area contributed by atoms with Crippen LogP contribution in [0.4, 0.5) is 0 Å². The van der Waals surface area contributed by atoms with Gasteiger partial charge in [-0.2, -0.15) is 0 Å². The van der Waals surface area contributed by atoms with Gasteiger partial charge >= 0.3 is 0 Å². The first-order valence-electron chi connectivity index (χ1n) is 13.5. The van der Waals surface area contributed by atoms with Gasteiger partial charge in [0, 0.05) is 0 Å². The maximum atomic E-state index is 2.74. The van der Waals surface area contributed by atoms with Gasteiger partial charge in [-0.15, -0.1) is 0 Å². The van der Waals surface area contributed by atoms with Crippen molar-refractivity contribution in [3.63, 3.8) is 0 Å². The molecule has 30 heavy (non-hydrogen) atoms. The van der Waals surface area contributed by atoms with Crippen molar-refractivity contribution in [2.75, 3.05) is 0 Å². The highest BCUT2D eigenvalue weighted by atomic mass is 14.6. The summed E-state index contributed by atoms with van der Waals surface area (Å²) >= 11 is 0. The summed E-state index contributed by atoms with van der Waals surface area (Å²) in [7, 11) is 0. The number of fused-ring (bicyclic) bond motifs is 5. The molecule has 170 valence electrons. The number of rotatable bonds is 4. The van der Waals surface area contributed by atoms with Crippen LogP contribution in [0.1, 0.15) is 119 Å². The fourth-order valence-corrected chi connectivity index (χ4v) is 8.96. The van der Waals surface area contributed by atoms with Crippen LogP contribution < -0.4 is 0 Å². The van der Waals surface area contributed by atoms with Crippen LogP contribution in [0.25, 0.3) is 0 Å². The molecule has 0 N–H and O–H groups in total. The fraction of sp³-hybridized carbons (Fsp3) is 0.867. The van der Waals surface area contributed by atoms with E-state index in [4.69, 9.17) is 0 Å². The van der Waals surface area contributed by atoms with E-state index in [9.17, 15) is 0 Å². The smallest absolute Gasteiger partial charge is 0.00852 e. The molecule has 4 rings (SSSR count). The lowest BCUT2D eigenvalue weighted by molar-refractivity contribution is -0.0461. The molecule has 3 saturated carbocycles. The Morgan fingerprint density at radius 3 is 2.50 bits per heavy atom. The van der Waals surface area contributed by atoms with E-state index in [1.54, 1.807) is 5.57 Å². The molecule has 0 aliphatic heterocycles. The quantitative estimate of drug-likeness (QED) is 0.405. The van der Waals surface area contributed by atoms with Gasteiger partial charge in [-0.25, -0.2) is 0 Å². The highest BCUT2D eigenvalue weighted by molar-refractivity contribution is 5.23. The Hall–Kier alpha value is -0.520. The molecule has 0 radical (unpaired) electrons. The topological polar surface area (TPSA) is 0 Å². The summed E-state index contributed by atoms with van der Waals surface area (Å²) in [6, 6.07) is 0. The van der Waals surface area contributed by atoms with Gasteiger partial charge in [-0.05, 0) is 138 Å². The first kappa shape index (κ1) is 22.7. The lowest BCUT2D eigenvalue weighted by atomic mass is 9.49. The van der Waals surface area contributed by atoms with Gasteiger partial charge in [0.05, 0.1) is 0 Å². The standard InChI is InChI=1S/C30H50/c1-20(2)22(4)11-12-23(5)26-13-14-27-25-10-8-9-24-19-21(3)15-17-29(24,6)28(25)16-18-30(26,27)7/h9,21,23,25-28H,8,10-19H2,1-7H3/t21-,23+,25?,26+,27?,28?,29?,30?/m0/s1. The van der Waals surface area contributed by atoms with E-state index in [2.05, 4.69) is 54.5 Å². The zero-order valence-corrected chi connectivity index (χ0v) is 21.3. The van der Waals surface area contributed by atoms with E-state index in [0.717, 1.165) is 35.5 Å². The molecule has 5 unspecified atom stereocenters. The van der Waals surface area contributed by atoms with Gasteiger partial charge in [0.25, 0.3) is 0 Å². The van der Waals surface area contributed by atoms with Crippen molar-refractivity contribution in [3.8, 4) is 0 Å². The van der Waals surface area contributed by atoms with E-state index < -0.39 is 0 Å². The zero-order chi connectivity index (χ0) is 21.7. The van der Waals surface area contributed by atoms with Crippen LogP contribution in [0, 0.1) is 46.3 Å². The average molecular weight is 411 g/mol. The van der Waals surface area contributed by atoms with Gasteiger partial charge < -0.3 is 0 Å². The minimum absolute atomic E-state index is 0.527. The van der Waals surface area contributed by atoms with Gasteiger partial charge in [-0.3, -0.25) is 0 Å². The highest BCUT2D eigenvalue weighted by Gasteiger charge is 2.58. The third-order valence-electron chi connectivity index (χ3n) is 11.2. The molecular weight excluding hydrogens is 360 g/mol. The maximum Gasteiger partial charge on any atom is -0.00852 e. The predicted molar refractivity (Wildman–Crippen MR) is 131 cm³/mol. The maximum absolute atomic E-state index is 2.74. The van der Waals surface area contributed by atoms with E-state index in [-0.39, 0.29) is 0 Å². The molecule has 0 aromatic heterocycles. The molecule has 0 saturated heterocycles. The molecule has 4 aliphatic carbocycles. The minimum Gasteiger partial charge on any atom is -0.0847 e.